The van der Waals surface area contributed by atoms with Gasteiger partial charge in [0.1, 0.15) is 0 Å². The molecular formula is C6H11O2-. The van der Waals surface area contributed by atoms with Crippen LogP contribution in [-0.4, -0.2) is 5.97 Å². The molecule has 0 radical (unpaired) electrons. The Morgan fingerprint density at radius 2 is 2.25 bits per heavy atom. The molecule has 8 heavy (non-hydrogen) atoms. The lowest BCUT2D eigenvalue weighted by Crippen LogP contribution is -2.24. The molecule has 0 saturated heterocycles. The Balaban J connectivity index is 3.24. The molecule has 0 bridgehead atoms. The van der Waals surface area contributed by atoms with E-state index in [2.05, 4.69) is 0 Å². The van der Waals surface area contributed by atoms with E-state index in [-0.39, 0.29) is 12.3 Å². The van der Waals surface area contributed by atoms with Gasteiger partial charge >= 0.3 is 0 Å². The van der Waals surface area contributed by atoms with Gasteiger partial charge in [0.25, 0.3) is 0 Å². The van der Waals surface area contributed by atoms with Gasteiger partial charge in [-0.05, 0) is 12.3 Å². The molecule has 0 aliphatic carbocycles. The van der Waals surface area contributed by atoms with Crippen LogP contribution in [0.1, 0.15) is 26.7 Å². The Labute approximate surface area is 49.5 Å². The molecular weight excluding hydrogens is 104 g/mol. The first-order chi connectivity index (χ1) is 3.66. The van der Waals surface area contributed by atoms with Gasteiger partial charge < -0.3 is 9.90 Å². The van der Waals surface area contributed by atoms with Crippen molar-refractivity contribution in [1.82, 2.24) is 0 Å². The third-order valence-corrected chi connectivity index (χ3v) is 1.21. The van der Waals surface area contributed by atoms with Crippen LogP contribution in [0.4, 0.5) is 0 Å². The van der Waals surface area contributed by atoms with Crippen LogP contribution in [0.15, 0.2) is 0 Å². The molecule has 0 amide bonds. The molecule has 0 aliphatic rings. The maximum absolute atomic E-state index is 9.86. The Hall–Kier alpha value is -0.530. The molecule has 0 aromatic carbocycles. The number of rotatable bonds is 3. The SMILES string of the molecule is CC[C@@H](C)CC(=O)[O-]. The molecule has 0 unspecified atom stereocenters. The van der Waals surface area contributed by atoms with E-state index in [1.807, 2.05) is 13.8 Å². The maximum Gasteiger partial charge on any atom is 0.0416 e. The van der Waals surface area contributed by atoms with Gasteiger partial charge in [-0.25, -0.2) is 0 Å². The minimum atomic E-state index is -0.945. The molecule has 0 rings (SSSR count). The Bertz CT molecular complexity index is 78.6. The molecule has 2 heteroatoms. The van der Waals surface area contributed by atoms with Crippen LogP contribution in [0.3, 0.4) is 0 Å². The number of hydrogen-bond donors (Lipinski definition) is 0. The van der Waals surface area contributed by atoms with Gasteiger partial charge in [-0.3, -0.25) is 0 Å². The predicted molar refractivity (Wildman–Crippen MR) is 29.1 cm³/mol. The van der Waals surface area contributed by atoms with E-state index in [4.69, 9.17) is 0 Å². The first-order valence-corrected chi connectivity index (χ1v) is 2.86. The quantitative estimate of drug-likeness (QED) is 0.526. The maximum atomic E-state index is 9.86. The molecule has 1 atom stereocenters. The standard InChI is InChI=1S/C6H12O2/c1-3-5(2)4-6(7)8/h5H,3-4H2,1-2H3,(H,7,8)/p-1/t5-/m1/s1. The average molecular weight is 115 g/mol. The van der Waals surface area contributed by atoms with Crippen LogP contribution in [0.2, 0.25) is 0 Å². The fourth-order valence-corrected chi connectivity index (χ4v) is 0.429. The van der Waals surface area contributed by atoms with Crippen molar-refractivity contribution in [2.45, 2.75) is 26.7 Å². The summed E-state index contributed by atoms with van der Waals surface area (Å²) in [6.07, 6.45) is 1.10. The van der Waals surface area contributed by atoms with Crippen molar-refractivity contribution in [3.8, 4) is 0 Å². The summed E-state index contributed by atoms with van der Waals surface area (Å²) in [6.45, 7) is 3.86. The number of carboxylic acid groups (broad SMARTS) is 1. The molecule has 0 fully saturated rings. The van der Waals surface area contributed by atoms with Crippen LogP contribution < -0.4 is 5.11 Å². The van der Waals surface area contributed by atoms with Crippen LogP contribution >= 0.6 is 0 Å². The van der Waals surface area contributed by atoms with Gasteiger partial charge in [-0.1, -0.05) is 20.3 Å². The second-order valence-corrected chi connectivity index (χ2v) is 2.09. The van der Waals surface area contributed by atoms with Crippen molar-refractivity contribution in [3.63, 3.8) is 0 Å². The predicted octanol–water partition coefficient (Wildman–Crippen LogP) is 0.172. The van der Waals surface area contributed by atoms with E-state index >= 15 is 0 Å². The molecule has 0 saturated carbocycles. The molecule has 0 spiro atoms. The van der Waals surface area contributed by atoms with Crippen molar-refractivity contribution >= 4 is 5.97 Å². The van der Waals surface area contributed by atoms with E-state index in [0.717, 1.165) is 6.42 Å². The normalized spacial score (nSPS) is 13.2. The number of aliphatic carboxylic acids is 1. The Kier molecular flexibility index (Phi) is 3.24. The van der Waals surface area contributed by atoms with Crippen LogP contribution in [0.25, 0.3) is 0 Å². The molecule has 2 nitrogen and oxygen atoms in total. The van der Waals surface area contributed by atoms with Gasteiger partial charge in [0.15, 0.2) is 0 Å². The number of carbonyl (C=O) groups excluding carboxylic acids is 1. The summed E-state index contributed by atoms with van der Waals surface area (Å²) in [6, 6.07) is 0. The van der Waals surface area contributed by atoms with E-state index in [0.29, 0.717) is 0 Å². The Morgan fingerprint density at radius 1 is 1.75 bits per heavy atom. The van der Waals surface area contributed by atoms with Crippen LogP contribution in [0, 0.1) is 5.92 Å². The zero-order valence-electron chi connectivity index (χ0n) is 5.31. The lowest BCUT2D eigenvalue weighted by atomic mass is 10.1. The first kappa shape index (κ1) is 7.47. The minimum absolute atomic E-state index is 0.191. The van der Waals surface area contributed by atoms with E-state index in [1.165, 1.54) is 0 Å². The van der Waals surface area contributed by atoms with E-state index in [1.54, 1.807) is 0 Å². The summed E-state index contributed by atoms with van der Waals surface area (Å²) in [5.74, 6) is -0.681. The van der Waals surface area contributed by atoms with E-state index in [9.17, 15) is 9.90 Å². The smallest absolute Gasteiger partial charge is 0.0416 e. The highest BCUT2D eigenvalue weighted by Gasteiger charge is 1.96. The molecule has 0 aromatic rings. The van der Waals surface area contributed by atoms with Crippen molar-refractivity contribution in [1.29, 1.82) is 0 Å². The summed E-state index contributed by atoms with van der Waals surface area (Å²) in [7, 11) is 0. The Morgan fingerprint density at radius 3 is 2.38 bits per heavy atom. The highest BCUT2D eigenvalue weighted by Crippen LogP contribution is 2.03. The number of carboxylic acids is 1. The zero-order chi connectivity index (χ0) is 6.57. The molecule has 0 aliphatic heterocycles. The molecule has 0 aromatic heterocycles. The second kappa shape index (κ2) is 3.47. The molecule has 0 heterocycles. The summed E-state index contributed by atoms with van der Waals surface area (Å²) in [4.78, 5) is 9.86. The van der Waals surface area contributed by atoms with Gasteiger partial charge in [-0.2, -0.15) is 0 Å². The first-order valence-electron chi connectivity index (χ1n) is 2.86. The van der Waals surface area contributed by atoms with Gasteiger partial charge in [-0.15, -0.1) is 0 Å². The summed E-state index contributed by atoms with van der Waals surface area (Å²) in [5, 5.41) is 9.86. The highest BCUT2D eigenvalue weighted by molar-refractivity contribution is 5.64. The second-order valence-electron chi connectivity index (χ2n) is 2.09. The third kappa shape index (κ3) is 3.65. The fourth-order valence-electron chi connectivity index (χ4n) is 0.429. The summed E-state index contributed by atoms with van der Waals surface area (Å²) < 4.78 is 0. The zero-order valence-corrected chi connectivity index (χ0v) is 5.31. The summed E-state index contributed by atoms with van der Waals surface area (Å²) in [5.41, 5.74) is 0. The van der Waals surface area contributed by atoms with E-state index < -0.39 is 5.97 Å². The minimum Gasteiger partial charge on any atom is -0.550 e. The lowest BCUT2D eigenvalue weighted by molar-refractivity contribution is -0.306. The monoisotopic (exact) mass is 115 g/mol. The molecule has 0 N–H and O–H groups in total. The number of carbonyl (C=O) groups is 1. The van der Waals surface area contributed by atoms with Gasteiger partial charge in [0, 0.05) is 5.97 Å². The van der Waals surface area contributed by atoms with Gasteiger partial charge in [0.2, 0.25) is 0 Å². The van der Waals surface area contributed by atoms with Crippen LogP contribution in [-0.2, 0) is 4.79 Å². The van der Waals surface area contributed by atoms with Gasteiger partial charge in [0.05, 0.1) is 0 Å². The van der Waals surface area contributed by atoms with Crippen molar-refractivity contribution < 1.29 is 9.90 Å². The topological polar surface area (TPSA) is 40.1 Å². The number of hydrogen-bond acceptors (Lipinski definition) is 2. The molecule has 48 valence electrons. The van der Waals surface area contributed by atoms with Crippen molar-refractivity contribution in [2.24, 2.45) is 5.92 Å². The summed E-state index contributed by atoms with van der Waals surface area (Å²) >= 11 is 0. The highest BCUT2D eigenvalue weighted by atomic mass is 16.4. The third-order valence-electron chi connectivity index (χ3n) is 1.21. The van der Waals surface area contributed by atoms with Crippen molar-refractivity contribution in [3.05, 3.63) is 0 Å². The van der Waals surface area contributed by atoms with Crippen LogP contribution in [0.5, 0.6) is 0 Å². The van der Waals surface area contributed by atoms with Crippen molar-refractivity contribution in [2.75, 3.05) is 0 Å². The fraction of sp³-hybridized carbons (Fsp3) is 0.833. The lowest BCUT2D eigenvalue weighted by Gasteiger charge is -2.06. The average Bonchev–Trinajstić information content (AvgIpc) is 1.65. The largest absolute Gasteiger partial charge is 0.550 e.